The first-order valence-electron chi connectivity index (χ1n) is 8.95. The SMILES string of the molecule is CC(Sc1nnc(NCC2CCCO2)s1)C(=O)N1CCc2ccccc21. The van der Waals surface area contributed by atoms with Crippen molar-refractivity contribution in [1.29, 1.82) is 0 Å². The van der Waals surface area contributed by atoms with Gasteiger partial charge >= 0.3 is 0 Å². The van der Waals surface area contributed by atoms with Crippen LogP contribution in [0.2, 0.25) is 0 Å². The highest BCUT2D eigenvalue weighted by molar-refractivity contribution is 8.02. The van der Waals surface area contributed by atoms with Crippen molar-refractivity contribution < 1.29 is 9.53 Å². The van der Waals surface area contributed by atoms with Gasteiger partial charge in [-0.1, -0.05) is 41.3 Å². The summed E-state index contributed by atoms with van der Waals surface area (Å²) in [7, 11) is 0. The highest BCUT2D eigenvalue weighted by Crippen LogP contribution is 2.33. The Morgan fingerprint density at radius 3 is 3.19 bits per heavy atom. The third-order valence-electron chi connectivity index (χ3n) is 4.69. The molecule has 1 aromatic heterocycles. The van der Waals surface area contributed by atoms with Gasteiger partial charge in [0.25, 0.3) is 0 Å². The van der Waals surface area contributed by atoms with Crippen LogP contribution >= 0.6 is 23.1 Å². The molecule has 0 bridgehead atoms. The maximum Gasteiger partial charge on any atom is 0.240 e. The first kappa shape index (κ1) is 17.8. The van der Waals surface area contributed by atoms with Gasteiger partial charge in [-0.15, -0.1) is 10.2 Å². The van der Waals surface area contributed by atoms with E-state index < -0.39 is 0 Å². The molecule has 0 radical (unpaired) electrons. The van der Waals surface area contributed by atoms with Crippen molar-refractivity contribution in [3.05, 3.63) is 29.8 Å². The zero-order valence-electron chi connectivity index (χ0n) is 14.7. The van der Waals surface area contributed by atoms with Gasteiger partial charge in [0.05, 0.1) is 11.4 Å². The van der Waals surface area contributed by atoms with Crippen molar-refractivity contribution in [2.45, 2.75) is 41.9 Å². The fraction of sp³-hybridized carbons (Fsp3) is 0.500. The molecule has 1 N–H and O–H groups in total. The minimum absolute atomic E-state index is 0.129. The largest absolute Gasteiger partial charge is 0.376 e. The third-order valence-corrected chi connectivity index (χ3v) is 6.74. The molecule has 138 valence electrons. The molecule has 2 aliphatic heterocycles. The normalized spacial score (nSPS) is 20.2. The van der Waals surface area contributed by atoms with Gasteiger partial charge in [-0.05, 0) is 37.8 Å². The lowest BCUT2D eigenvalue weighted by Gasteiger charge is -2.20. The van der Waals surface area contributed by atoms with Crippen LogP contribution in [0.4, 0.5) is 10.8 Å². The summed E-state index contributed by atoms with van der Waals surface area (Å²) in [4.78, 5) is 14.7. The lowest BCUT2D eigenvalue weighted by Crippen LogP contribution is -2.35. The summed E-state index contributed by atoms with van der Waals surface area (Å²) in [5.41, 5.74) is 2.29. The summed E-state index contributed by atoms with van der Waals surface area (Å²) in [5.74, 6) is 0.129. The predicted octanol–water partition coefficient (Wildman–Crippen LogP) is 3.20. The van der Waals surface area contributed by atoms with Crippen LogP contribution in [0.1, 0.15) is 25.3 Å². The van der Waals surface area contributed by atoms with Gasteiger partial charge in [0.2, 0.25) is 11.0 Å². The predicted molar refractivity (Wildman–Crippen MR) is 105 cm³/mol. The molecule has 1 aromatic carbocycles. The van der Waals surface area contributed by atoms with Crippen LogP contribution < -0.4 is 10.2 Å². The van der Waals surface area contributed by atoms with E-state index in [0.717, 1.165) is 54.1 Å². The van der Waals surface area contributed by atoms with E-state index >= 15 is 0 Å². The van der Waals surface area contributed by atoms with Crippen molar-refractivity contribution in [2.75, 3.05) is 29.9 Å². The molecule has 1 amide bonds. The van der Waals surface area contributed by atoms with E-state index in [9.17, 15) is 4.79 Å². The van der Waals surface area contributed by atoms with Crippen molar-refractivity contribution in [2.24, 2.45) is 0 Å². The number of rotatable bonds is 6. The number of hydrogen-bond donors (Lipinski definition) is 1. The molecule has 2 atom stereocenters. The molecule has 2 aromatic rings. The molecular formula is C18H22N4O2S2. The maximum absolute atomic E-state index is 12.8. The Hall–Kier alpha value is -1.64. The van der Waals surface area contributed by atoms with E-state index in [-0.39, 0.29) is 17.3 Å². The Bertz CT molecular complexity index is 776. The monoisotopic (exact) mass is 390 g/mol. The minimum Gasteiger partial charge on any atom is -0.376 e. The number of carbonyl (C=O) groups is 1. The van der Waals surface area contributed by atoms with Crippen molar-refractivity contribution in [1.82, 2.24) is 10.2 Å². The summed E-state index contributed by atoms with van der Waals surface area (Å²) in [6.07, 6.45) is 3.42. The zero-order valence-corrected chi connectivity index (χ0v) is 16.3. The smallest absolute Gasteiger partial charge is 0.240 e. The van der Waals surface area contributed by atoms with E-state index in [1.54, 1.807) is 0 Å². The van der Waals surface area contributed by atoms with Crippen molar-refractivity contribution in [3.8, 4) is 0 Å². The van der Waals surface area contributed by atoms with E-state index in [1.807, 2.05) is 30.0 Å². The van der Waals surface area contributed by atoms with Crippen LogP contribution in [0.25, 0.3) is 0 Å². The van der Waals surface area contributed by atoms with Crippen LogP contribution in [0.15, 0.2) is 28.6 Å². The molecule has 6 nitrogen and oxygen atoms in total. The van der Waals surface area contributed by atoms with Gasteiger partial charge in [0.1, 0.15) is 0 Å². The number of carbonyl (C=O) groups excluding carboxylic acids is 1. The Balaban J connectivity index is 1.33. The Morgan fingerprint density at radius 1 is 1.46 bits per heavy atom. The number of thioether (sulfide) groups is 1. The molecule has 0 spiro atoms. The molecule has 0 aliphatic carbocycles. The highest BCUT2D eigenvalue weighted by Gasteiger charge is 2.29. The fourth-order valence-corrected chi connectivity index (χ4v) is 5.29. The lowest BCUT2D eigenvalue weighted by molar-refractivity contribution is -0.117. The number of para-hydroxylation sites is 1. The van der Waals surface area contributed by atoms with Gasteiger partial charge < -0.3 is 15.0 Å². The van der Waals surface area contributed by atoms with Crippen LogP contribution in [-0.4, -0.2) is 47.2 Å². The second kappa shape index (κ2) is 7.94. The topological polar surface area (TPSA) is 67.4 Å². The quantitative estimate of drug-likeness (QED) is 0.764. The number of amides is 1. The fourth-order valence-electron chi connectivity index (χ4n) is 3.32. The number of anilines is 2. The number of fused-ring (bicyclic) bond motifs is 1. The summed E-state index contributed by atoms with van der Waals surface area (Å²) in [6.45, 7) is 4.31. The second-order valence-corrected chi connectivity index (χ2v) is 9.08. The van der Waals surface area contributed by atoms with Gasteiger partial charge in [0, 0.05) is 25.4 Å². The number of hydrogen-bond acceptors (Lipinski definition) is 7. The third kappa shape index (κ3) is 3.87. The van der Waals surface area contributed by atoms with Gasteiger partial charge in [-0.2, -0.15) is 0 Å². The van der Waals surface area contributed by atoms with Gasteiger partial charge in [0.15, 0.2) is 4.34 Å². The average Bonchev–Trinajstić information content (AvgIpc) is 3.40. The Morgan fingerprint density at radius 2 is 2.35 bits per heavy atom. The maximum atomic E-state index is 12.8. The van der Waals surface area contributed by atoms with E-state index in [4.69, 9.17) is 4.74 Å². The van der Waals surface area contributed by atoms with Crippen LogP contribution in [0.5, 0.6) is 0 Å². The highest BCUT2D eigenvalue weighted by atomic mass is 32.2. The van der Waals surface area contributed by atoms with Crippen molar-refractivity contribution >= 4 is 39.8 Å². The Kier molecular flexibility index (Phi) is 5.42. The Labute approximate surface area is 161 Å². The van der Waals surface area contributed by atoms with Gasteiger partial charge in [-0.25, -0.2) is 0 Å². The minimum atomic E-state index is -0.194. The van der Waals surface area contributed by atoms with Gasteiger partial charge in [-0.3, -0.25) is 4.79 Å². The van der Waals surface area contributed by atoms with Crippen molar-refractivity contribution in [3.63, 3.8) is 0 Å². The molecule has 1 saturated heterocycles. The molecule has 8 heteroatoms. The number of nitrogens with zero attached hydrogens (tertiary/aromatic N) is 3. The van der Waals surface area contributed by atoms with Crippen LogP contribution in [0, 0.1) is 0 Å². The van der Waals surface area contributed by atoms with Crippen LogP contribution in [0.3, 0.4) is 0 Å². The summed E-state index contributed by atoms with van der Waals surface area (Å²) in [6, 6.07) is 8.13. The summed E-state index contributed by atoms with van der Waals surface area (Å²) < 4.78 is 6.41. The molecular weight excluding hydrogens is 368 g/mol. The molecule has 2 unspecified atom stereocenters. The lowest BCUT2D eigenvalue weighted by atomic mass is 10.2. The molecule has 0 saturated carbocycles. The number of ether oxygens (including phenoxy) is 1. The average molecular weight is 391 g/mol. The van der Waals surface area contributed by atoms with Crippen LogP contribution in [-0.2, 0) is 16.0 Å². The molecule has 4 rings (SSSR count). The first-order chi connectivity index (χ1) is 12.7. The van der Waals surface area contributed by atoms with E-state index in [0.29, 0.717) is 0 Å². The molecule has 26 heavy (non-hydrogen) atoms. The standard InChI is InChI=1S/C18H22N4O2S2/c1-12(16(23)22-9-8-13-5-2-3-7-15(13)22)25-18-21-20-17(26-18)19-11-14-6-4-10-24-14/h2-3,5,7,12,14H,4,6,8-11H2,1H3,(H,19,20). The molecule has 1 fully saturated rings. The van der Waals surface area contributed by atoms with E-state index in [2.05, 4.69) is 21.6 Å². The first-order valence-corrected chi connectivity index (χ1v) is 10.7. The van der Waals surface area contributed by atoms with E-state index in [1.165, 1.54) is 28.7 Å². The summed E-state index contributed by atoms with van der Waals surface area (Å²) in [5, 5.41) is 12.3. The molecule has 3 heterocycles. The number of aromatic nitrogens is 2. The summed E-state index contributed by atoms with van der Waals surface area (Å²) >= 11 is 2.97. The molecule has 2 aliphatic rings. The zero-order chi connectivity index (χ0) is 17.9. The number of benzene rings is 1. The second-order valence-electron chi connectivity index (χ2n) is 6.52. The number of nitrogens with one attached hydrogen (secondary N) is 1.